The predicted molar refractivity (Wildman–Crippen MR) is 94.0 cm³/mol. The van der Waals surface area contributed by atoms with Gasteiger partial charge in [0.2, 0.25) is 5.91 Å². The Balaban J connectivity index is 1.60. The highest BCUT2D eigenvalue weighted by Crippen LogP contribution is 2.28. The highest BCUT2D eigenvalue weighted by atomic mass is 19.1. The monoisotopic (exact) mass is 343 g/mol. The molecule has 2 aromatic rings. The van der Waals surface area contributed by atoms with Crippen LogP contribution in [0, 0.1) is 5.82 Å². The number of rotatable bonds is 7. The first-order chi connectivity index (χ1) is 12.2. The molecule has 2 aromatic carbocycles. The summed E-state index contributed by atoms with van der Waals surface area (Å²) >= 11 is 0. The maximum atomic E-state index is 14.2. The van der Waals surface area contributed by atoms with Crippen molar-refractivity contribution in [1.29, 1.82) is 0 Å². The highest BCUT2D eigenvalue weighted by Gasteiger charge is 2.18. The van der Waals surface area contributed by atoms with Gasteiger partial charge in [-0.15, -0.1) is 0 Å². The molecule has 0 aromatic heterocycles. The molecule has 1 N–H and O–H groups in total. The number of hydrogen-bond donors (Lipinski definition) is 1. The number of amides is 1. The van der Waals surface area contributed by atoms with Crippen LogP contribution in [0.2, 0.25) is 0 Å². The Morgan fingerprint density at radius 2 is 2.04 bits per heavy atom. The average molecular weight is 343 g/mol. The van der Waals surface area contributed by atoms with Crippen molar-refractivity contribution in [2.24, 2.45) is 0 Å². The molecule has 0 aliphatic carbocycles. The van der Waals surface area contributed by atoms with Crippen molar-refractivity contribution in [2.45, 2.75) is 38.4 Å². The molecule has 1 heterocycles. The molecule has 0 saturated carbocycles. The highest BCUT2D eigenvalue weighted by molar-refractivity contribution is 5.92. The fraction of sp³-hybridized carbons (Fsp3) is 0.350. The van der Waals surface area contributed by atoms with Crippen LogP contribution in [0.25, 0.3) is 0 Å². The Kier molecular flexibility index (Phi) is 6.01. The minimum absolute atomic E-state index is 0.0933. The number of benzene rings is 2. The van der Waals surface area contributed by atoms with Crippen LogP contribution in [-0.4, -0.2) is 18.6 Å². The molecule has 4 nitrogen and oxygen atoms in total. The van der Waals surface area contributed by atoms with Gasteiger partial charge in [0.25, 0.3) is 0 Å². The van der Waals surface area contributed by atoms with Crippen molar-refractivity contribution in [3.05, 3.63) is 59.9 Å². The normalized spacial score (nSPS) is 16.6. The van der Waals surface area contributed by atoms with Crippen molar-refractivity contribution in [3.63, 3.8) is 0 Å². The quantitative estimate of drug-likeness (QED) is 0.815. The number of carbonyl (C=O) groups is 1. The molecule has 1 amide bonds. The van der Waals surface area contributed by atoms with Crippen LogP contribution in [0.15, 0.2) is 48.5 Å². The average Bonchev–Trinajstić information content (AvgIpc) is 3.15. The van der Waals surface area contributed by atoms with Gasteiger partial charge in [-0.25, -0.2) is 4.39 Å². The fourth-order valence-corrected chi connectivity index (χ4v) is 2.85. The minimum atomic E-state index is -0.504. The summed E-state index contributed by atoms with van der Waals surface area (Å²) in [6.45, 7) is 1.07. The van der Waals surface area contributed by atoms with Crippen molar-refractivity contribution in [3.8, 4) is 5.75 Å². The van der Waals surface area contributed by atoms with Gasteiger partial charge in [-0.05, 0) is 37.0 Å². The summed E-state index contributed by atoms with van der Waals surface area (Å²) in [6.07, 6.45) is 3.12. The standard InChI is InChI=1S/C20H22FNO3/c21-17-9-4-10-18(25-14-15-6-2-1-3-7-15)20(17)22-19(23)12-11-16-8-5-13-24-16/h1-4,6-7,9-10,16H,5,8,11-14H2,(H,22,23)/t16-/m0/s1. The molecule has 5 heteroatoms. The molecule has 3 rings (SSSR count). The Labute approximate surface area is 147 Å². The van der Waals surface area contributed by atoms with E-state index in [-0.39, 0.29) is 17.7 Å². The van der Waals surface area contributed by atoms with Gasteiger partial charge in [0, 0.05) is 13.0 Å². The van der Waals surface area contributed by atoms with Gasteiger partial charge in [-0.2, -0.15) is 0 Å². The third kappa shape index (κ3) is 5.03. The summed E-state index contributed by atoms with van der Waals surface area (Å²) in [5.74, 6) is -0.407. The van der Waals surface area contributed by atoms with E-state index in [1.54, 1.807) is 12.1 Å². The zero-order valence-corrected chi connectivity index (χ0v) is 14.0. The first kappa shape index (κ1) is 17.4. The second-order valence-corrected chi connectivity index (χ2v) is 6.11. The van der Waals surface area contributed by atoms with E-state index in [0.29, 0.717) is 25.2 Å². The van der Waals surface area contributed by atoms with Crippen LogP contribution in [0.3, 0.4) is 0 Å². The number of anilines is 1. The van der Waals surface area contributed by atoms with Crippen molar-refractivity contribution in [2.75, 3.05) is 11.9 Å². The second kappa shape index (κ2) is 8.62. The molecule has 1 atom stereocenters. The van der Waals surface area contributed by atoms with E-state index >= 15 is 0 Å². The number of para-hydroxylation sites is 1. The zero-order valence-electron chi connectivity index (χ0n) is 14.0. The Bertz CT molecular complexity index is 699. The van der Waals surface area contributed by atoms with Gasteiger partial charge in [0.15, 0.2) is 5.82 Å². The molecule has 25 heavy (non-hydrogen) atoms. The first-order valence-electron chi connectivity index (χ1n) is 8.59. The molecule has 0 bridgehead atoms. The second-order valence-electron chi connectivity index (χ2n) is 6.11. The Morgan fingerprint density at radius 3 is 2.80 bits per heavy atom. The third-order valence-electron chi connectivity index (χ3n) is 4.19. The largest absolute Gasteiger partial charge is 0.487 e. The van der Waals surface area contributed by atoms with Crippen LogP contribution in [0.1, 0.15) is 31.2 Å². The van der Waals surface area contributed by atoms with E-state index in [4.69, 9.17) is 9.47 Å². The van der Waals surface area contributed by atoms with Crippen LogP contribution in [0.4, 0.5) is 10.1 Å². The summed E-state index contributed by atoms with van der Waals surface area (Å²) in [6, 6.07) is 14.1. The van der Waals surface area contributed by atoms with Crippen LogP contribution in [-0.2, 0) is 16.1 Å². The van der Waals surface area contributed by atoms with Crippen molar-refractivity contribution in [1.82, 2.24) is 0 Å². The minimum Gasteiger partial charge on any atom is -0.487 e. The van der Waals surface area contributed by atoms with Gasteiger partial charge >= 0.3 is 0 Å². The number of halogens is 1. The van der Waals surface area contributed by atoms with Crippen molar-refractivity contribution < 1.29 is 18.7 Å². The zero-order chi connectivity index (χ0) is 17.5. The number of hydrogen-bond acceptors (Lipinski definition) is 3. The van der Waals surface area contributed by atoms with Gasteiger partial charge in [-0.1, -0.05) is 36.4 Å². The summed E-state index contributed by atoms with van der Waals surface area (Å²) in [5, 5.41) is 2.64. The lowest BCUT2D eigenvalue weighted by Gasteiger charge is -2.14. The lowest BCUT2D eigenvalue weighted by atomic mass is 10.1. The van der Waals surface area contributed by atoms with Gasteiger partial charge in [0.1, 0.15) is 18.0 Å². The summed E-state index contributed by atoms with van der Waals surface area (Å²) < 4.78 is 25.4. The van der Waals surface area contributed by atoms with E-state index in [1.165, 1.54) is 6.07 Å². The topological polar surface area (TPSA) is 47.6 Å². The molecule has 1 fully saturated rings. The van der Waals surface area contributed by atoms with Gasteiger partial charge in [-0.3, -0.25) is 4.79 Å². The van der Waals surface area contributed by atoms with Crippen molar-refractivity contribution >= 4 is 11.6 Å². The smallest absolute Gasteiger partial charge is 0.224 e. The molecule has 0 spiro atoms. The van der Waals surface area contributed by atoms with Crippen LogP contribution >= 0.6 is 0 Å². The molecular weight excluding hydrogens is 321 g/mol. The maximum absolute atomic E-state index is 14.2. The van der Waals surface area contributed by atoms with E-state index < -0.39 is 5.82 Å². The van der Waals surface area contributed by atoms with Gasteiger partial charge < -0.3 is 14.8 Å². The maximum Gasteiger partial charge on any atom is 0.224 e. The summed E-state index contributed by atoms with van der Waals surface area (Å²) in [7, 11) is 0. The van der Waals surface area contributed by atoms with Crippen LogP contribution < -0.4 is 10.1 Å². The van der Waals surface area contributed by atoms with E-state index in [9.17, 15) is 9.18 Å². The molecule has 0 radical (unpaired) electrons. The lowest BCUT2D eigenvalue weighted by Crippen LogP contribution is -2.16. The summed E-state index contributed by atoms with van der Waals surface area (Å²) in [5.41, 5.74) is 1.07. The molecule has 1 saturated heterocycles. The number of carbonyl (C=O) groups excluding carboxylic acids is 1. The Morgan fingerprint density at radius 1 is 1.20 bits per heavy atom. The first-order valence-corrected chi connectivity index (χ1v) is 8.59. The molecule has 0 unspecified atom stereocenters. The number of ether oxygens (including phenoxy) is 2. The van der Waals surface area contributed by atoms with Gasteiger partial charge in [0.05, 0.1) is 6.10 Å². The SMILES string of the molecule is O=C(CC[C@@H]1CCCO1)Nc1c(F)cccc1OCc1ccccc1. The van der Waals surface area contributed by atoms with E-state index in [1.807, 2.05) is 30.3 Å². The third-order valence-corrected chi connectivity index (χ3v) is 4.19. The van der Waals surface area contributed by atoms with E-state index in [2.05, 4.69) is 5.32 Å². The lowest BCUT2D eigenvalue weighted by molar-refractivity contribution is -0.116. The summed E-state index contributed by atoms with van der Waals surface area (Å²) in [4.78, 5) is 12.2. The van der Waals surface area contributed by atoms with Crippen LogP contribution in [0.5, 0.6) is 5.75 Å². The molecule has 132 valence electrons. The Hall–Kier alpha value is -2.40. The number of nitrogens with one attached hydrogen (secondary N) is 1. The molecule has 1 aliphatic heterocycles. The fourth-order valence-electron chi connectivity index (χ4n) is 2.85. The molecular formula is C20H22FNO3. The molecule has 1 aliphatic rings. The predicted octanol–water partition coefficient (Wildman–Crippen LogP) is 4.30. The van der Waals surface area contributed by atoms with E-state index in [0.717, 1.165) is 25.0 Å².